The van der Waals surface area contributed by atoms with Gasteiger partial charge in [-0.3, -0.25) is 9.59 Å². The topological polar surface area (TPSA) is 179 Å². The maximum atomic E-state index is 11.9. The number of carboxylic acids is 3. The van der Waals surface area contributed by atoms with E-state index in [2.05, 4.69) is 17.0 Å². The molecule has 0 fully saturated rings. The molecule has 0 amide bonds. The molecule has 11 nitrogen and oxygen atoms in total. The van der Waals surface area contributed by atoms with Gasteiger partial charge in [0.05, 0.1) is 23.5 Å². The lowest BCUT2D eigenvalue weighted by Crippen LogP contribution is -2.42. The summed E-state index contributed by atoms with van der Waals surface area (Å²) in [5.41, 5.74) is -1.62. The molecule has 4 N–H and O–H groups in total. The van der Waals surface area contributed by atoms with Crippen molar-refractivity contribution in [2.75, 3.05) is 26.4 Å². The van der Waals surface area contributed by atoms with Crippen LogP contribution in [-0.4, -0.2) is 83.6 Å². The van der Waals surface area contributed by atoms with Crippen LogP contribution in [0.25, 0.3) is 0 Å². The molecular weight excluding hydrogens is 506 g/mol. The van der Waals surface area contributed by atoms with Crippen molar-refractivity contribution < 1.29 is 48.0 Å². The minimum absolute atomic E-state index is 0.0674. The highest BCUT2D eigenvalue weighted by molar-refractivity contribution is 7.91. The number of nitrogens with zero attached hydrogens (tertiary/aromatic N) is 1. The van der Waals surface area contributed by atoms with Crippen LogP contribution in [0.3, 0.4) is 0 Å². The second kappa shape index (κ2) is 14.3. The van der Waals surface area contributed by atoms with Gasteiger partial charge in [-0.1, -0.05) is 37.3 Å². The normalized spacial score (nSPS) is 12.2. The van der Waals surface area contributed by atoms with Crippen LogP contribution in [0.4, 0.5) is 0 Å². The van der Waals surface area contributed by atoms with E-state index in [1.54, 1.807) is 31.2 Å². The van der Waals surface area contributed by atoms with E-state index in [9.17, 15) is 22.8 Å². The van der Waals surface area contributed by atoms with E-state index in [1.807, 2.05) is 32.3 Å². The summed E-state index contributed by atoms with van der Waals surface area (Å²) in [6.07, 6.45) is -1.50. The van der Waals surface area contributed by atoms with Crippen molar-refractivity contribution in [1.29, 1.82) is 0 Å². The second-order valence-electron chi connectivity index (χ2n) is 8.46. The van der Waals surface area contributed by atoms with Gasteiger partial charge in [0, 0.05) is 13.0 Å². The number of carbonyl (C=O) groups is 3. The highest BCUT2D eigenvalue weighted by Gasteiger charge is 2.40. The van der Waals surface area contributed by atoms with Crippen molar-refractivity contribution in [2.24, 2.45) is 0 Å². The van der Waals surface area contributed by atoms with Crippen LogP contribution in [0, 0.1) is 0 Å². The third-order valence-corrected chi connectivity index (χ3v) is 6.89. The van der Waals surface area contributed by atoms with Crippen LogP contribution in [0.15, 0.2) is 59.5 Å². The molecule has 2 aromatic rings. The molecule has 0 aliphatic rings. The quantitative estimate of drug-likeness (QED) is 0.293. The number of aliphatic hydroxyl groups is 1. The number of rotatable bonds is 13. The highest BCUT2D eigenvalue weighted by atomic mass is 32.2. The highest BCUT2D eigenvalue weighted by Crippen LogP contribution is 2.26. The summed E-state index contributed by atoms with van der Waals surface area (Å²) in [6, 6.07) is 16.8. The van der Waals surface area contributed by atoms with E-state index in [-0.39, 0.29) is 11.9 Å². The van der Waals surface area contributed by atoms with E-state index in [0.29, 0.717) is 10.6 Å². The molecule has 12 heteroatoms. The minimum Gasteiger partial charge on any atom is -0.486 e. The lowest BCUT2D eigenvalue weighted by atomic mass is 9.96. The molecule has 0 saturated heterocycles. The van der Waals surface area contributed by atoms with E-state index >= 15 is 0 Å². The first-order valence-electron chi connectivity index (χ1n) is 11.3. The summed E-state index contributed by atoms with van der Waals surface area (Å²) < 4.78 is 29.9. The summed E-state index contributed by atoms with van der Waals surface area (Å²) in [5.74, 6) is -4.24. The first kappa shape index (κ1) is 31.5. The molecule has 1 atom stereocenters. The molecule has 0 bridgehead atoms. The predicted molar refractivity (Wildman–Crippen MR) is 134 cm³/mol. The average molecular weight is 540 g/mol. The molecule has 0 aliphatic heterocycles. The van der Waals surface area contributed by atoms with Crippen LogP contribution in [-0.2, 0) is 24.2 Å². The third kappa shape index (κ3) is 11.0. The molecule has 0 radical (unpaired) electrons. The first-order chi connectivity index (χ1) is 17.2. The summed E-state index contributed by atoms with van der Waals surface area (Å²) in [5, 5.41) is 33.8. The number of sulfone groups is 1. The van der Waals surface area contributed by atoms with Gasteiger partial charge in [0.1, 0.15) is 11.9 Å². The Labute approximate surface area is 215 Å². The Bertz CT molecular complexity index is 1120. The van der Waals surface area contributed by atoms with E-state index in [0.717, 1.165) is 18.5 Å². The van der Waals surface area contributed by atoms with Crippen LogP contribution in [0.1, 0.15) is 37.9 Å². The molecule has 37 heavy (non-hydrogen) atoms. The maximum Gasteiger partial charge on any atom is 0.336 e. The second-order valence-corrected chi connectivity index (χ2v) is 10.7. The van der Waals surface area contributed by atoms with Gasteiger partial charge in [0.2, 0.25) is 0 Å². The van der Waals surface area contributed by atoms with Crippen molar-refractivity contribution in [3.63, 3.8) is 0 Å². The number of carboxylic acid groups (broad SMARTS) is 3. The molecular formula is C25H33NO10S. The first-order valence-corrected chi connectivity index (χ1v) is 12.9. The fraction of sp³-hybridized carbons (Fsp3) is 0.400. The van der Waals surface area contributed by atoms with Crippen LogP contribution >= 0.6 is 0 Å². The summed E-state index contributed by atoms with van der Waals surface area (Å²) >= 11 is 0. The Balaban J connectivity index is 0.000000448. The van der Waals surface area contributed by atoms with Crippen molar-refractivity contribution >= 4 is 27.7 Å². The van der Waals surface area contributed by atoms with Crippen LogP contribution in [0.5, 0.6) is 5.75 Å². The molecule has 0 aromatic heterocycles. The number of hydrogen-bond acceptors (Lipinski definition) is 8. The van der Waals surface area contributed by atoms with Crippen molar-refractivity contribution in [2.45, 2.75) is 42.8 Å². The van der Waals surface area contributed by atoms with Crippen LogP contribution < -0.4 is 4.74 Å². The number of benzene rings is 2. The Morgan fingerprint density at radius 3 is 1.84 bits per heavy atom. The molecule has 204 valence electrons. The monoisotopic (exact) mass is 539 g/mol. The summed E-state index contributed by atoms with van der Waals surface area (Å²) in [7, 11) is 0.889. The Hall–Kier alpha value is -3.48. The zero-order valence-electron chi connectivity index (χ0n) is 20.9. The van der Waals surface area contributed by atoms with Crippen LogP contribution in [0.2, 0.25) is 0 Å². The van der Waals surface area contributed by atoms with E-state index in [4.69, 9.17) is 25.2 Å². The van der Waals surface area contributed by atoms with E-state index in [1.165, 1.54) is 0 Å². The molecule has 0 saturated carbocycles. The van der Waals surface area contributed by atoms with Gasteiger partial charge in [0.25, 0.3) is 0 Å². The molecule has 0 aliphatic carbocycles. The SMILES string of the molecule is CCS(=O)(=O)c1ccc(OC(CCN(C)C)c2ccccc2)cc1.O=C(O)CC(O)(CC(=O)O)C(=O)O. The molecule has 2 rings (SSSR count). The lowest BCUT2D eigenvalue weighted by molar-refractivity contribution is -0.170. The maximum absolute atomic E-state index is 11.9. The number of aliphatic carboxylic acids is 3. The molecule has 0 spiro atoms. The Morgan fingerprint density at radius 2 is 1.43 bits per heavy atom. The van der Waals surface area contributed by atoms with Crippen molar-refractivity contribution in [3.05, 3.63) is 60.2 Å². The average Bonchev–Trinajstić information content (AvgIpc) is 2.81. The predicted octanol–water partition coefficient (Wildman–Crippen LogP) is 2.30. The smallest absolute Gasteiger partial charge is 0.336 e. The number of hydrogen-bond donors (Lipinski definition) is 4. The van der Waals surface area contributed by atoms with Gasteiger partial charge in [-0.2, -0.15) is 0 Å². The van der Waals surface area contributed by atoms with Gasteiger partial charge in [0.15, 0.2) is 15.4 Å². The van der Waals surface area contributed by atoms with Gasteiger partial charge >= 0.3 is 17.9 Å². The van der Waals surface area contributed by atoms with Gasteiger partial charge in [-0.25, -0.2) is 13.2 Å². The fourth-order valence-corrected chi connectivity index (χ4v) is 3.99. The fourth-order valence-electron chi connectivity index (χ4n) is 3.11. The number of ether oxygens (including phenoxy) is 1. The zero-order chi connectivity index (χ0) is 28.2. The van der Waals surface area contributed by atoms with Gasteiger partial charge < -0.3 is 30.1 Å². The molecule has 1 unspecified atom stereocenters. The summed E-state index contributed by atoms with van der Waals surface area (Å²) in [6.45, 7) is 2.55. The molecule has 0 heterocycles. The Kier molecular flexibility index (Phi) is 12.2. The third-order valence-electron chi connectivity index (χ3n) is 5.14. The Morgan fingerprint density at radius 1 is 0.919 bits per heavy atom. The van der Waals surface area contributed by atoms with E-state index < -0.39 is 46.2 Å². The zero-order valence-corrected chi connectivity index (χ0v) is 21.7. The van der Waals surface area contributed by atoms with Gasteiger partial charge in [-0.15, -0.1) is 0 Å². The van der Waals surface area contributed by atoms with Gasteiger partial charge in [-0.05, 0) is 43.9 Å². The lowest BCUT2D eigenvalue weighted by Gasteiger charge is -2.21. The molecule has 2 aromatic carbocycles. The minimum atomic E-state index is -3.18. The van der Waals surface area contributed by atoms with Crippen molar-refractivity contribution in [3.8, 4) is 5.75 Å². The standard InChI is InChI=1S/C19H25NO3S.C6H8O7/c1-4-24(21,22)18-12-10-17(11-13-18)23-19(14-15-20(2)3)16-8-6-5-7-9-16;7-3(8)1-6(13,5(11)12)2-4(9)10/h5-13,19H,4,14-15H2,1-3H3;13H,1-2H2,(H,7,8)(H,9,10)(H,11,12). The largest absolute Gasteiger partial charge is 0.486 e. The van der Waals surface area contributed by atoms with Crippen molar-refractivity contribution in [1.82, 2.24) is 4.90 Å². The summed E-state index contributed by atoms with van der Waals surface area (Å²) in [4.78, 5) is 32.9.